The lowest BCUT2D eigenvalue weighted by Gasteiger charge is -2.20. The van der Waals surface area contributed by atoms with Gasteiger partial charge in [-0.1, -0.05) is 25.1 Å². The third kappa shape index (κ3) is 5.43. The summed E-state index contributed by atoms with van der Waals surface area (Å²) in [5, 5.41) is 3.43. The van der Waals surface area contributed by atoms with E-state index in [0.717, 1.165) is 23.6 Å². The van der Waals surface area contributed by atoms with Crippen LogP contribution in [0, 0.1) is 0 Å². The van der Waals surface area contributed by atoms with Gasteiger partial charge in [0.2, 0.25) is 0 Å². The molecule has 0 saturated carbocycles. The second kappa shape index (κ2) is 9.66. The first-order valence-electron chi connectivity index (χ1n) is 6.82. The van der Waals surface area contributed by atoms with Crippen LogP contribution in [0.3, 0.4) is 0 Å². The maximum absolute atomic E-state index is 11.4. The number of benzene rings is 1. The van der Waals surface area contributed by atoms with Crippen molar-refractivity contribution in [2.75, 3.05) is 31.8 Å². The lowest BCUT2D eigenvalue weighted by Crippen LogP contribution is -2.24. The first-order chi connectivity index (χ1) is 9.72. The van der Waals surface area contributed by atoms with E-state index in [4.69, 9.17) is 9.47 Å². The van der Waals surface area contributed by atoms with Crippen LogP contribution >= 0.6 is 11.8 Å². The van der Waals surface area contributed by atoms with Crippen molar-refractivity contribution in [2.24, 2.45) is 0 Å². The minimum absolute atomic E-state index is 0.159. The molecule has 0 aliphatic carbocycles. The Kier molecular flexibility index (Phi) is 8.14. The average Bonchev–Trinajstić information content (AvgIpc) is 2.46. The predicted octanol–water partition coefficient (Wildman–Crippen LogP) is 2.64. The molecule has 5 heteroatoms. The van der Waals surface area contributed by atoms with Gasteiger partial charge >= 0.3 is 5.97 Å². The fourth-order valence-corrected chi connectivity index (χ4v) is 2.82. The van der Waals surface area contributed by atoms with E-state index in [1.807, 2.05) is 25.1 Å². The van der Waals surface area contributed by atoms with Gasteiger partial charge in [-0.15, -0.1) is 11.8 Å². The van der Waals surface area contributed by atoms with Gasteiger partial charge in [0, 0.05) is 17.4 Å². The number of para-hydroxylation sites is 1. The zero-order chi connectivity index (χ0) is 14.8. The Morgan fingerprint density at radius 1 is 1.35 bits per heavy atom. The molecule has 1 aromatic carbocycles. The fraction of sp³-hybridized carbons (Fsp3) is 0.533. The molecule has 4 nitrogen and oxygen atoms in total. The standard InChI is InChI=1S/C15H23NO3S/c1-4-16-13(10-20-11-15(17)19-5-2)12-8-6-7-9-14(12)18-3/h6-9,13,16H,4-5,10-11H2,1-3H3. The van der Waals surface area contributed by atoms with Gasteiger partial charge in [0.15, 0.2) is 0 Å². The number of methoxy groups -OCH3 is 1. The highest BCUT2D eigenvalue weighted by molar-refractivity contribution is 7.99. The normalized spacial score (nSPS) is 11.9. The Labute approximate surface area is 125 Å². The molecule has 20 heavy (non-hydrogen) atoms. The first kappa shape index (κ1) is 16.9. The molecule has 0 radical (unpaired) electrons. The number of hydrogen-bond donors (Lipinski definition) is 1. The number of carbonyl (C=O) groups excluding carboxylic acids is 1. The zero-order valence-electron chi connectivity index (χ0n) is 12.3. The summed E-state index contributed by atoms with van der Waals surface area (Å²) in [6, 6.07) is 8.12. The van der Waals surface area contributed by atoms with E-state index >= 15 is 0 Å². The average molecular weight is 297 g/mol. The minimum atomic E-state index is -0.159. The van der Waals surface area contributed by atoms with Crippen LogP contribution in [0.5, 0.6) is 5.75 Å². The van der Waals surface area contributed by atoms with Crippen LogP contribution in [0.4, 0.5) is 0 Å². The molecule has 1 atom stereocenters. The Hall–Kier alpha value is -1.20. The second-order valence-corrected chi connectivity index (χ2v) is 5.20. The van der Waals surface area contributed by atoms with Gasteiger partial charge in [-0.2, -0.15) is 0 Å². The van der Waals surface area contributed by atoms with Crippen molar-refractivity contribution in [3.05, 3.63) is 29.8 Å². The van der Waals surface area contributed by atoms with Crippen molar-refractivity contribution < 1.29 is 14.3 Å². The summed E-state index contributed by atoms with van der Waals surface area (Å²) in [6.07, 6.45) is 0. The molecule has 0 heterocycles. The highest BCUT2D eigenvalue weighted by atomic mass is 32.2. The van der Waals surface area contributed by atoms with Crippen molar-refractivity contribution in [3.8, 4) is 5.75 Å². The summed E-state index contributed by atoms with van der Waals surface area (Å²) in [5.74, 6) is 1.89. The van der Waals surface area contributed by atoms with Gasteiger partial charge in [0.1, 0.15) is 5.75 Å². The Balaban J connectivity index is 2.62. The number of hydrogen-bond acceptors (Lipinski definition) is 5. The highest BCUT2D eigenvalue weighted by Crippen LogP contribution is 2.27. The van der Waals surface area contributed by atoms with Crippen LogP contribution < -0.4 is 10.1 Å². The molecule has 0 aliphatic heterocycles. The molecule has 0 bridgehead atoms. The molecule has 0 fully saturated rings. The summed E-state index contributed by atoms with van der Waals surface area (Å²) in [6.45, 7) is 5.18. The van der Waals surface area contributed by atoms with Crippen molar-refractivity contribution in [2.45, 2.75) is 19.9 Å². The van der Waals surface area contributed by atoms with Crippen LogP contribution in [-0.4, -0.2) is 37.7 Å². The number of esters is 1. The van der Waals surface area contributed by atoms with E-state index in [2.05, 4.69) is 18.3 Å². The van der Waals surface area contributed by atoms with E-state index in [1.54, 1.807) is 18.9 Å². The molecule has 0 aliphatic rings. The van der Waals surface area contributed by atoms with Gasteiger partial charge < -0.3 is 14.8 Å². The maximum atomic E-state index is 11.4. The number of ether oxygens (including phenoxy) is 2. The summed E-state index contributed by atoms with van der Waals surface area (Å²) in [4.78, 5) is 11.4. The summed E-state index contributed by atoms with van der Waals surface area (Å²) in [5.41, 5.74) is 1.12. The van der Waals surface area contributed by atoms with Gasteiger partial charge in [-0.05, 0) is 19.5 Å². The molecule has 0 spiro atoms. The molecular weight excluding hydrogens is 274 g/mol. The number of carbonyl (C=O) groups is 1. The van der Waals surface area contributed by atoms with Crippen LogP contribution in [0.15, 0.2) is 24.3 Å². The molecule has 0 amide bonds. The van der Waals surface area contributed by atoms with E-state index < -0.39 is 0 Å². The number of rotatable bonds is 9. The third-order valence-corrected chi connectivity index (χ3v) is 3.78. The predicted molar refractivity (Wildman–Crippen MR) is 83.4 cm³/mol. The molecule has 0 saturated heterocycles. The van der Waals surface area contributed by atoms with Crippen molar-refractivity contribution in [3.63, 3.8) is 0 Å². The molecule has 1 N–H and O–H groups in total. The number of thioether (sulfide) groups is 1. The molecule has 0 aromatic heterocycles. The molecule has 112 valence electrons. The largest absolute Gasteiger partial charge is 0.496 e. The van der Waals surface area contributed by atoms with Crippen molar-refractivity contribution in [1.29, 1.82) is 0 Å². The summed E-state index contributed by atoms with van der Waals surface area (Å²) < 4.78 is 10.3. The Morgan fingerprint density at radius 2 is 2.10 bits per heavy atom. The van der Waals surface area contributed by atoms with Crippen LogP contribution in [0.25, 0.3) is 0 Å². The van der Waals surface area contributed by atoms with E-state index in [1.165, 1.54) is 0 Å². The SMILES string of the molecule is CCNC(CSCC(=O)OCC)c1ccccc1OC. The van der Waals surface area contributed by atoms with Gasteiger partial charge in [0.05, 0.1) is 19.5 Å². The Morgan fingerprint density at radius 3 is 2.75 bits per heavy atom. The topological polar surface area (TPSA) is 47.6 Å². The Bertz CT molecular complexity index is 412. The van der Waals surface area contributed by atoms with E-state index in [9.17, 15) is 4.79 Å². The monoisotopic (exact) mass is 297 g/mol. The van der Waals surface area contributed by atoms with Gasteiger partial charge in [0.25, 0.3) is 0 Å². The van der Waals surface area contributed by atoms with Crippen LogP contribution in [0.2, 0.25) is 0 Å². The minimum Gasteiger partial charge on any atom is -0.496 e. The summed E-state index contributed by atoms with van der Waals surface area (Å²) in [7, 11) is 1.67. The van der Waals surface area contributed by atoms with E-state index in [0.29, 0.717) is 12.4 Å². The summed E-state index contributed by atoms with van der Waals surface area (Å²) >= 11 is 1.57. The molecule has 1 rings (SSSR count). The lowest BCUT2D eigenvalue weighted by molar-refractivity contribution is -0.139. The van der Waals surface area contributed by atoms with E-state index in [-0.39, 0.29) is 12.0 Å². The van der Waals surface area contributed by atoms with Crippen molar-refractivity contribution in [1.82, 2.24) is 5.32 Å². The van der Waals surface area contributed by atoms with Crippen LogP contribution in [0.1, 0.15) is 25.5 Å². The van der Waals surface area contributed by atoms with Crippen molar-refractivity contribution >= 4 is 17.7 Å². The third-order valence-electron chi connectivity index (χ3n) is 2.77. The molecule has 1 aromatic rings. The second-order valence-electron chi connectivity index (χ2n) is 4.17. The molecule has 1 unspecified atom stereocenters. The fourth-order valence-electron chi connectivity index (χ4n) is 1.92. The highest BCUT2D eigenvalue weighted by Gasteiger charge is 2.15. The van der Waals surface area contributed by atoms with Crippen LogP contribution in [-0.2, 0) is 9.53 Å². The molecular formula is C15H23NO3S. The van der Waals surface area contributed by atoms with Gasteiger partial charge in [-0.25, -0.2) is 0 Å². The maximum Gasteiger partial charge on any atom is 0.315 e. The quantitative estimate of drug-likeness (QED) is 0.710. The van der Waals surface area contributed by atoms with Gasteiger partial charge in [-0.3, -0.25) is 4.79 Å². The number of nitrogens with one attached hydrogen (secondary N) is 1. The zero-order valence-corrected chi connectivity index (χ0v) is 13.2. The lowest BCUT2D eigenvalue weighted by atomic mass is 10.1. The smallest absolute Gasteiger partial charge is 0.315 e. The first-order valence-corrected chi connectivity index (χ1v) is 7.98.